The smallest absolute Gasteiger partial charge is 0.237 e. The molecule has 1 aromatic carbocycles. The van der Waals surface area contributed by atoms with Crippen LogP contribution in [-0.4, -0.2) is 19.7 Å². The van der Waals surface area contributed by atoms with Crippen LogP contribution in [0, 0.1) is 0 Å². The van der Waals surface area contributed by atoms with E-state index in [0.29, 0.717) is 5.69 Å². The van der Waals surface area contributed by atoms with Crippen LogP contribution < -0.4 is 10.0 Å². The fourth-order valence-corrected chi connectivity index (χ4v) is 2.07. The number of rotatable bonds is 5. The Hall–Kier alpha value is -1.07. The summed E-state index contributed by atoms with van der Waals surface area (Å²) in [6.07, 6.45) is 0. The van der Waals surface area contributed by atoms with Gasteiger partial charge in [0.25, 0.3) is 0 Å². The third-order valence-electron chi connectivity index (χ3n) is 2.56. The maximum atomic E-state index is 12.0. The van der Waals surface area contributed by atoms with Gasteiger partial charge in [-0.15, -0.1) is 0 Å². The van der Waals surface area contributed by atoms with E-state index < -0.39 is 14.8 Å². The largest absolute Gasteiger partial charge is 0.313 e. The maximum absolute atomic E-state index is 12.0. The second kappa shape index (κ2) is 5.71. The summed E-state index contributed by atoms with van der Waals surface area (Å²) in [5.41, 5.74) is 1.67. The first-order chi connectivity index (χ1) is 8.26. The molecule has 0 amide bonds. The molecule has 0 saturated carbocycles. The van der Waals surface area contributed by atoms with E-state index in [1.807, 2.05) is 25.1 Å². The van der Waals surface area contributed by atoms with E-state index in [1.165, 1.54) is 0 Å². The maximum Gasteiger partial charge on any atom is 0.237 e. The Kier molecular flexibility index (Phi) is 4.76. The molecule has 0 fully saturated rings. The Morgan fingerprint density at radius 2 is 1.89 bits per heavy atom. The molecule has 0 bridgehead atoms. The lowest BCUT2D eigenvalue weighted by Gasteiger charge is -2.20. The fourth-order valence-electron chi connectivity index (χ4n) is 1.32. The van der Waals surface area contributed by atoms with Gasteiger partial charge in [0.05, 0.1) is 4.75 Å². The van der Waals surface area contributed by atoms with Crippen molar-refractivity contribution >= 4 is 15.7 Å². The van der Waals surface area contributed by atoms with Gasteiger partial charge in [0.2, 0.25) is 10.0 Å². The summed E-state index contributed by atoms with van der Waals surface area (Å²) >= 11 is 0. The van der Waals surface area contributed by atoms with E-state index in [2.05, 4.69) is 10.0 Å². The van der Waals surface area contributed by atoms with E-state index in [-0.39, 0.29) is 0 Å². The van der Waals surface area contributed by atoms with E-state index >= 15 is 0 Å². The Balaban J connectivity index is 2.86. The first-order valence-electron chi connectivity index (χ1n) is 6.08. The highest BCUT2D eigenvalue weighted by atomic mass is 32.2. The van der Waals surface area contributed by atoms with Crippen LogP contribution in [0.5, 0.6) is 0 Å². The minimum Gasteiger partial charge on any atom is -0.313 e. The van der Waals surface area contributed by atoms with Crippen molar-refractivity contribution in [3.05, 3.63) is 29.8 Å². The molecule has 1 aromatic rings. The number of benzene rings is 1. The molecule has 0 unspecified atom stereocenters. The second-order valence-electron chi connectivity index (χ2n) is 5.20. The molecule has 5 heteroatoms. The molecule has 102 valence electrons. The number of sulfonamides is 1. The molecule has 0 saturated heterocycles. The van der Waals surface area contributed by atoms with Crippen molar-refractivity contribution < 1.29 is 8.42 Å². The molecule has 2 N–H and O–H groups in total. The average molecular weight is 270 g/mol. The Morgan fingerprint density at radius 3 is 2.44 bits per heavy atom. The summed E-state index contributed by atoms with van der Waals surface area (Å²) in [5.74, 6) is 0. The highest BCUT2D eigenvalue weighted by Gasteiger charge is 2.28. The zero-order valence-electron chi connectivity index (χ0n) is 11.4. The number of hydrogen-bond acceptors (Lipinski definition) is 3. The first kappa shape index (κ1) is 15.0. The Bertz CT molecular complexity index is 490. The average Bonchev–Trinajstić information content (AvgIpc) is 2.24. The quantitative estimate of drug-likeness (QED) is 0.863. The molecule has 0 spiro atoms. The summed E-state index contributed by atoms with van der Waals surface area (Å²) < 4.78 is 25.8. The Labute approximate surface area is 110 Å². The molecule has 0 aliphatic heterocycles. The zero-order chi connectivity index (χ0) is 13.8. The minimum atomic E-state index is -3.36. The van der Waals surface area contributed by atoms with Gasteiger partial charge in [-0.05, 0) is 45.0 Å². The lowest BCUT2D eigenvalue weighted by Crippen LogP contribution is -2.33. The van der Waals surface area contributed by atoms with Crippen molar-refractivity contribution in [1.29, 1.82) is 0 Å². The van der Waals surface area contributed by atoms with Crippen LogP contribution in [0.1, 0.15) is 33.3 Å². The first-order valence-corrected chi connectivity index (χ1v) is 7.56. The number of nitrogens with one attached hydrogen (secondary N) is 2. The summed E-state index contributed by atoms with van der Waals surface area (Å²) in [7, 11) is -3.36. The van der Waals surface area contributed by atoms with Gasteiger partial charge in [0.1, 0.15) is 0 Å². The summed E-state index contributed by atoms with van der Waals surface area (Å²) in [5, 5.41) is 3.21. The zero-order valence-corrected chi connectivity index (χ0v) is 12.3. The minimum absolute atomic E-state index is 0.611. The van der Waals surface area contributed by atoms with Crippen molar-refractivity contribution in [1.82, 2.24) is 5.32 Å². The molecule has 1 rings (SSSR count). The lowest BCUT2D eigenvalue weighted by atomic mass is 10.2. The molecule has 0 radical (unpaired) electrons. The monoisotopic (exact) mass is 270 g/mol. The Morgan fingerprint density at radius 1 is 1.22 bits per heavy atom. The van der Waals surface area contributed by atoms with Crippen LogP contribution in [0.2, 0.25) is 0 Å². The molecule has 0 aliphatic rings. The van der Waals surface area contributed by atoms with Gasteiger partial charge in [-0.2, -0.15) is 0 Å². The summed E-state index contributed by atoms with van der Waals surface area (Å²) in [6, 6.07) is 7.44. The second-order valence-corrected chi connectivity index (χ2v) is 7.63. The van der Waals surface area contributed by atoms with Crippen LogP contribution in [-0.2, 0) is 16.6 Å². The van der Waals surface area contributed by atoms with Crippen molar-refractivity contribution in [3.63, 3.8) is 0 Å². The molecular weight excluding hydrogens is 248 g/mol. The van der Waals surface area contributed by atoms with Crippen molar-refractivity contribution in [3.8, 4) is 0 Å². The third kappa shape index (κ3) is 3.99. The van der Waals surface area contributed by atoms with E-state index in [1.54, 1.807) is 26.8 Å². The van der Waals surface area contributed by atoms with Crippen LogP contribution in [0.15, 0.2) is 24.3 Å². The van der Waals surface area contributed by atoms with E-state index in [0.717, 1.165) is 18.7 Å². The standard InChI is InChI=1S/C13H22N2O2S/c1-5-14-10-11-7-6-8-12(9-11)15-18(16,17)13(2,3)4/h6-9,14-15H,5,10H2,1-4H3. The predicted molar refractivity (Wildman–Crippen MR) is 76.1 cm³/mol. The number of hydrogen-bond donors (Lipinski definition) is 2. The van der Waals surface area contributed by atoms with Gasteiger partial charge < -0.3 is 5.32 Å². The van der Waals surface area contributed by atoms with Crippen molar-refractivity contribution in [2.24, 2.45) is 0 Å². The molecule has 0 atom stereocenters. The van der Waals surface area contributed by atoms with Crippen LogP contribution in [0.25, 0.3) is 0 Å². The van der Waals surface area contributed by atoms with Gasteiger partial charge in [0.15, 0.2) is 0 Å². The molecule has 0 heterocycles. The van der Waals surface area contributed by atoms with E-state index in [9.17, 15) is 8.42 Å². The molecular formula is C13H22N2O2S. The van der Waals surface area contributed by atoms with Gasteiger partial charge in [0, 0.05) is 12.2 Å². The van der Waals surface area contributed by atoms with Gasteiger partial charge in [-0.25, -0.2) is 8.42 Å². The summed E-state index contributed by atoms with van der Waals surface area (Å²) in [6.45, 7) is 8.69. The lowest BCUT2D eigenvalue weighted by molar-refractivity contribution is 0.566. The third-order valence-corrected chi connectivity index (χ3v) is 4.68. The number of anilines is 1. The summed E-state index contributed by atoms with van der Waals surface area (Å²) in [4.78, 5) is 0. The molecule has 18 heavy (non-hydrogen) atoms. The van der Waals surface area contributed by atoms with Gasteiger partial charge in [-0.1, -0.05) is 19.1 Å². The van der Waals surface area contributed by atoms with Crippen LogP contribution in [0.4, 0.5) is 5.69 Å². The van der Waals surface area contributed by atoms with Gasteiger partial charge >= 0.3 is 0 Å². The molecule has 0 aliphatic carbocycles. The predicted octanol–water partition coefficient (Wildman–Crippen LogP) is 2.34. The van der Waals surface area contributed by atoms with Crippen LogP contribution in [0.3, 0.4) is 0 Å². The molecule has 4 nitrogen and oxygen atoms in total. The van der Waals surface area contributed by atoms with Crippen molar-refractivity contribution in [2.45, 2.75) is 39.0 Å². The topological polar surface area (TPSA) is 58.2 Å². The van der Waals surface area contributed by atoms with Gasteiger partial charge in [-0.3, -0.25) is 4.72 Å². The van der Waals surface area contributed by atoms with Crippen LogP contribution >= 0.6 is 0 Å². The molecule has 0 aromatic heterocycles. The van der Waals surface area contributed by atoms with Crippen molar-refractivity contribution in [2.75, 3.05) is 11.3 Å². The normalized spacial score (nSPS) is 12.4. The highest BCUT2D eigenvalue weighted by molar-refractivity contribution is 7.94. The fraction of sp³-hybridized carbons (Fsp3) is 0.538. The highest BCUT2D eigenvalue weighted by Crippen LogP contribution is 2.20. The SMILES string of the molecule is CCNCc1cccc(NS(=O)(=O)C(C)(C)C)c1. The van der Waals surface area contributed by atoms with E-state index in [4.69, 9.17) is 0 Å².